The molecule has 4 rings (SSSR count). The number of fused-ring (bicyclic) bond motifs is 1. The highest BCUT2D eigenvalue weighted by Gasteiger charge is 2.59. The van der Waals surface area contributed by atoms with Crippen molar-refractivity contribution in [2.24, 2.45) is 11.8 Å². The number of aliphatic carboxylic acids is 1. The normalized spacial score (nSPS) is 38.8. The second-order valence-electron chi connectivity index (χ2n) is 9.73. The fraction of sp³-hybridized carbons (Fsp3) is 0.520. The van der Waals surface area contributed by atoms with E-state index in [2.05, 4.69) is 0 Å². The Hall–Kier alpha value is -3.04. The Morgan fingerprint density at radius 3 is 2.45 bits per heavy atom. The predicted octanol–water partition coefficient (Wildman–Crippen LogP) is -1.15. The number of aliphatic hydroxyl groups is 5. The monoisotopic (exact) mass is 538 g/mol. The highest BCUT2D eigenvalue weighted by atomic mass is 16.8. The topological polar surface area (TPSA) is 213 Å². The van der Waals surface area contributed by atoms with E-state index in [1.165, 1.54) is 37.3 Å². The van der Waals surface area contributed by atoms with Crippen LogP contribution in [0.25, 0.3) is 6.08 Å². The second-order valence-corrected chi connectivity index (χ2v) is 9.73. The molecule has 1 aromatic rings. The summed E-state index contributed by atoms with van der Waals surface area (Å²) >= 11 is 0. The standard InChI is InChI=1S/C25H30O13/c1-25(34)8-14(28)17-13(22(32)33)10-35-23(18(17)25)38-24-21(20(31)19(30)15(9-26)36-24)37-16(29)7-4-11-2-5-12(27)6-3-11/h2-7,10,14-15,17-21,23-24,26-28,30-31,34H,8-9H2,1H3,(H,32,33)/t14-,15+,17+,18-,19-,20-,21-,23+,24+,25-/m1/s1. The van der Waals surface area contributed by atoms with Crippen LogP contribution < -0.4 is 0 Å². The molecular formula is C25H30O13. The number of aromatic hydroxyl groups is 1. The summed E-state index contributed by atoms with van der Waals surface area (Å²) in [6.07, 6.45) is -7.55. The average Bonchev–Trinajstić information content (AvgIpc) is 3.11. The van der Waals surface area contributed by atoms with Crippen LogP contribution >= 0.6 is 0 Å². The number of rotatable bonds is 7. The zero-order valence-corrected chi connectivity index (χ0v) is 20.2. The number of benzene rings is 1. The Balaban J connectivity index is 1.57. The molecule has 2 aliphatic heterocycles. The fourth-order valence-electron chi connectivity index (χ4n) is 5.14. The molecule has 10 atom stereocenters. The molecule has 208 valence electrons. The molecule has 1 aliphatic carbocycles. The molecular weight excluding hydrogens is 508 g/mol. The lowest BCUT2D eigenvalue weighted by molar-refractivity contribution is -0.347. The molecule has 2 heterocycles. The minimum atomic E-state index is -1.77. The lowest BCUT2D eigenvalue weighted by Crippen LogP contribution is -2.62. The summed E-state index contributed by atoms with van der Waals surface area (Å²) in [6, 6.07) is 5.90. The number of carbonyl (C=O) groups is 2. The molecule has 2 fully saturated rings. The molecule has 1 saturated heterocycles. The average molecular weight is 539 g/mol. The van der Waals surface area contributed by atoms with Crippen LogP contribution in [0, 0.1) is 11.8 Å². The third kappa shape index (κ3) is 5.54. The number of ether oxygens (including phenoxy) is 4. The first kappa shape index (κ1) is 28.0. The summed E-state index contributed by atoms with van der Waals surface area (Å²) in [5, 5.41) is 70.9. The van der Waals surface area contributed by atoms with Gasteiger partial charge in [0.25, 0.3) is 0 Å². The number of phenolic OH excluding ortho intramolecular Hbond substituents is 1. The van der Waals surface area contributed by atoms with Gasteiger partial charge < -0.3 is 54.7 Å². The maximum absolute atomic E-state index is 12.5. The van der Waals surface area contributed by atoms with Gasteiger partial charge in [-0.1, -0.05) is 12.1 Å². The Labute approximate surface area is 216 Å². The minimum Gasteiger partial charge on any atom is -0.508 e. The molecule has 13 nitrogen and oxygen atoms in total. The van der Waals surface area contributed by atoms with E-state index in [4.69, 9.17) is 18.9 Å². The largest absolute Gasteiger partial charge is 0.508 e. The van der Waals surface area contributed by atoms with Crippen LogP contribution in [0.15, 0.2) is 42.2 Å². The van der Waals surface area contributed by atoms with Crippen LogP contribution in [0.5, 0.6) is 5.75 Å². The summed E-state index contributed by atoms with van der Waals surface area (Å²) in [5.74, 6) is -4.43. The number of phenols is 1. The van der Waals surface area contributed by atoms with Crippen molar-refractivity contribution in [2.75, 3.05) is 6.61 Å². The smallest absolute Gasteiger partial charge is 0.335 e. The number of hydrogen-bond acceptors (Lipinski definition) is 12. The summed E-state index contributed by atoms with van der Waals surface area (Å²) < 4.78 is 22.2. The third-order valence-corrected chi connectivity index (χ3v) is 7.02. The van der Waals surface area contributed by atoms with Gasteiger partial charge in [0.15, 0.2) is 6.10 Å². The van der Waals surface area contributed by atoms with Crippen molar-refractivity contribution in [1.29, 1.82) is 0 Å². The van der Waals surface area contributed by atoms with Crippen LogP contribution in [0.4, 0.5) is 0 Å². The SMILES string of the molecule is C[C@@]1(O)C[C@@H](O)[C@@H]2C(C(=O)O)=CO[C@@H](O[C@@H]3O[C@@H](CO)[C@@H](O)[C@@H](O)[C@H]3OC(=O)C=Cc3ccc(O)cc3)[C@@H]21. The highest BCUT2D eigenvalue weighted by Crippen LogP contribution is 2.49. The van der Waals surface area contributed by atoms with Crippen LogP contribution in [-0.2, 0) is 28.5 Å². The van der Waals surface area contributed by atoms with E-state index in [1.807, 2.05) is 0 Å². The first-order chi connectivity index (χ1) is 17.9. The Morgan fingerprint density at radius 1 is 1.13 bits per heavy atom. The molecule has 38 heavy (non-hydrogen) atoms. The van der Waals surface area contributed by atoms with Crippen molar-refractivity contribution in [3.8, 4) is 5.75 Å². The van der Waals surface area contributed by atoms with Crippen LogP contribution in [0.1, 0.15) is 18.9 Å². The lowest BCUT2D eigenvalue weighted by atomic mass is 9.81. The maximum atomic E-state index is 12.5. The predicted molar refractivity (Wildman–Crippen MR) is 125 cm³/mol. The van der Waals surface area contributed by atoms with Gasteiger partial charge in [-0.25, -0.2) is 9.59 Å². The highest BCUT2D eigenvalue weighted by molar-refractivity contribution is 5.88. The Kier molecular flexibility index (Phi) is 8.09. The van der Waals surface area contributed by atoms with Crippen molar-refractivity contribution in [3.05, 3.63) is 47.7 Å². The van der Waals surface area contributed by atoms with E-state index in [9.17, 15) is 45.3 Å². The van der Waals surface area contributed by atoms with Crippen molar-refractivity contribution < 1.29 is 64.3 Å². The van der Waals surface area contributed by atoms with E-state index >= 15 is 0 Å². The van der Waals surface area contributed by atoms with E-state index in [0.717, 1.165) is 12.3 Å². The molecule has 0 bridgehead atoms. The fourth-order valence-corrected chi connectivity index (χ4v) is 5.14. The number of carboxylic acid groups (broad SMARTS) is 1. The van der Waals surface area contributed by atoms with Crippen molar-refractivity contribution >= 4 is 18.0 Å². The first-order valence-corrected chi connectivity index (χ1v) is 11.9. The molecule has 0 radical (unpaired) electrons. The van der Waals surface area contributed by atoms with Gasteiger partial charge in [-0.2, -0.15) is 0 Å². The third-order valence-electron chi connectivity index (χ3n) is 7.02. The van der Waals surface area contributed by atoms with Gasteiger partial charge in [0, 0.05) is 18.4 Å². The molecule has 1 aromatic carbocycles. The molecule has 1 saturated carbocycles. The number of aliphatic hydroxyl groups excluding tert-OH is 4. The molecule has 0 aromatic heterocycles. The van der Waals surface area contributed by atoms with Gasteiger partial charge in [-0.3, -0.25) is 0 Å². The molecule has 0 spiro atoms. The summed E-state index contributed by atoms with van der Waals surface area (Å²) in [6.45, 7) is 0.657. The zero-order chi connectivity index (χ0) is 27.8. The van der Waals surface area contributed by atoms with Gasteiger partial charge in [-0.05, 0) is 30.7 Å². The van der Waals surface area contributed by atoms with Crippen LogP contribution in [0.3, 0.4) is 0 Å². The number of carbonyl (C=O) groups excluding carboxylic acids is 1. The summed E-state index contributed by atoms with van der Waals surface area (Å²) in [7, 11) is 0. The van der Waals surface area contributed by atoms with Crippen LogP contribution in [-0.4, -0.2) is 103 Å². The molecule has 0 amide bonds. The van der Waals surface area contributed by atoms with Gasteiger partial charge in [0.05, 0.1) is 36.1 Å². The number of esters is 1. The van der Waals surface area contributed by atoms with E-state index in [0.29, 0.717) is 5.56 Å². The zero-order valence-electron chi connectivity index (χ0n) is 20.2. The number of carboxylic acids is 1. The van der Waals surface area contributed by atoms with Gasteiger partial charge in [0.2, 0.25) is 12.6 Å². The van der Waals surface area contributed by atoms with Gasteiger partial charge >= 0.3 is 11.9 Å². The first-order valence-electron chi connectivity index (χ1n) is 11.9. The Bertz CT molecular complexity index is 1080. The Morgan fingerprint density at radius 2 is 1.82 bits per heavy atom. The van der Waals surface area contributed by atoms with E-state index < -0.39 is 79.1 Å². The van der Waals surface area contributed by atoms with Crippen molar-refractivity contribution in [3.63, 3.8) is 0 Å². The van der Waals surface area contributed by atoms with Crippen molar-refractivity contribution in [2.45, 2.75) is 62.0 Å². The minimum absolute atomic E-state index is 0.0332. The molecule has 7 N–H and O–H groups in total. The summed E-state index contributed by atoms with van der Waals surface area (Å²) in [4.78, 5) is 24.2. The van der Waals surface area contributed by atoms with Gasteiger partial charge in [0.1, 0.15) is 24.1 Å². The van der Waals surface area contributed by atoms with Crippen molar-refractivity contribution in [1.82, 2.24) is 0 Å². The van der Waals surface area contributed by atoms with E-state index in [1.54, 1.807) is 0 Å². The summed E-state index contributed by atoms with van der Waals surface area (Å²) in [5.41, 5.74) is -1.35. The van der Waals surface area contributed by atoms with Gasteiger partial charge in [-0.15, -0.1) is 0 Å². The molecule has 0 unspecified atom stereocenters. The lowest BCUT2D eigenvalue weighted by Gasteiger charge is -2.44. The second kappa shape index (κ2) is 11.0. The van der Waals surface area contributed by atoms with Crippen LogP contribution in [0.2, 0.25) is 0 Å². The quantitative estimate of drug-likeness (QED) is 0.161. The molecule has 3 aliphatic rings. The number of hydrogen-bond donors (Lipinski definition) is 7. The molecule has 13 heteroatoms. The maximum Gasteiger partial charge on any atom is 0.335 e. The van der Waals surface area contributed by atoms with E-state index in [-0.39, 0.29) is 17.7 Å².